The highest BCUT2D eigenvalue weighted by Crippen LogP contribution is 2.29. The Kier molecular flexibility index (Phi) is 4.92. The summed E-state index contributed by atoms with van der Waals surface area (Å²) in [6, 6.07) is 15.5. The summed E-state index contributed by atoms with van der Waals surface area (Å²) in [6.07, 6.45) is 1.78. The van der Waals surface area contributed by atoms with E-state index in [-0.39, 0.29) is 11.0 Å². The van der Waals surface area contributed by atoms with Crippen molar-refractivity contribution in [1.29, 1.82) is 0 Å². The van der Waals surface area contributed by atoms with Gasteiger partial charge in [-0.25, -0.2) is 0 Å². The first-order valence-corrected chi connectivity index (χ1v) is 9.77. The van der Waals surface area contributed by atoms with Gasteiger partial charge in [0.2, 0.25) is 0 Å². The Labute approximate surface area is 166 Å². The summed E-state index contributed by atoms with van der Waals surface area (Å²) in [6.45, 7) is 1.90. The average Bonchev–Trinajstić information content (AvgIpc) is 3.31. The van der Waals surface area contributed by atoms with Gasteiger partial charge in [0.25, 0.3) is 0 Å². The van der Waals surface area contributed by atoms with E-state index in [0.717, 1.165) is 28.0 Å². The summed E-state index contributed by atoms with van der Waals surface area (Å²) in [4.78, 5) is 16.1. The number of ether oxygens (including phenoxy) is 1. The summed E-state index contributed by atoms with van der Waals surface area (Å²) in [7, 11) is 3.54. The van der Waals surface area contributed by atoms with Crippen LogP contribution in [0.2, 0.25) is 0 Å². The van der Waals surface area contributed by atoms with Gasteiger partial charge in [0.15, 0.2) is 16.8 Å². The van der Waals surface area contributed by atoms with E-state index in [0.29, 0.717) is 10.7 Å². The number of hydrogen-bond acceptors (Lipinski definition) is 5. The molecule has 0 fully saturated rings. The van der Waals surface area contributed by atoms with Crippen LogP contribution in [0.25, 0.3) is 22.3 Å². The second-order valence-electron chi connectivity index (χ2n) is 6.47. The van der Waals surface area contributed by atoms with Gasteiger partial charge < -0.3 is 14.3 Å². The number of aromatic nitrogens is 4. The minimum Gasteiger partial charge on any atom is -0.497 e. The van der Waals surface area contributed by atoms with Crippen LogP contribution >= 0.6 is 11.8 Å². The molecule has 0 aliphatic carbocycles. The number of methoxy groups -OCH3 is 1. The first kappa shape index (κ1) is 18.3. The maximum Gasteiger partial charge on any atom is 0.191 e. The van der Waals surface area contributed by atoms with E-state index in [9.17, 15) is 4.79 Å². The first-order valence-electron chi connectivity index (χ1n) is 8.89. The molecule has 142 valence electrons. The van der Waals surface area contributed by atoms with Gasteiger partial charge in [0, 0.05) is 35.3 Å². The number of thioether (sulfide) groups is 1. The van der Waals surface area contributed by atoms with Crippen LogP contribution in [0.1, 0.15) is 17.3 Å². The number of carbonyl (C=O) groups excluding carboxylic acids is 1. The van der Waals surface area contributed by atoms with E-state index >= 15 is 0 Å². The molecule has 6 nitrogen and oxygen atoms in total. The molecular formula is C21H20N4O2S. The Morgan fingerprint density at radius 2 is 1.89 bits per heavy atom. The zero-order valence-corrected chi connectivity index (χ0v) is 16.7. The number of nitrogens with zero attached hydrogens (tertiary/aromatic N) is 3. The van der Waals surface area contributed by atoms with Crippen LogP contribution in [0.3, 0.4) is 0 Å². The molecule has 4 rings (SSSR count). The highest BCUT2D eigenvalue weighted by molar-refractivity contribution is 8.00. The number of rotatable bonds is 6. The van der Waals surface area contributed by atoms with Gasteiger partial charge >= 0.3 is 0 Å². The topological polar surface area (TPSA) is 72.8 Å². The molecule has 7 heteroatoms. The van der Waals surface area contributed by atoms with Gasteiger partial charge in [-0.15, -0.1) is 10.2 Å². The van der Waals surface area contributed by atoms with Crippen LogP contribution in [0.15, 0.2) is 59.9 Å². The third kappa shape index (κ3) is 3.29. The van der Waals surface area contributed by atoms with Crippen molar-refractivity contribution in [3.63, 3.8) is 0 Å². The molecule has 0 aliphatic heterocycles. The number of carbonyl (C=O) groups is 1. The van der Waals surface area contributed by atoms with Gasteiger partial charge in [0.05, 0.1) is 12.4 Å². The third-order valence-corrected chi connectivity index (χ3v) is 5.82. The summed E-state index contributed by atoms with van der Waals surface area (Å²) in [5.41, 5.74) is 2.61. The van der Waals surface area contributed by atoms with E-state index in [4.69, 9.17) is 4.74 Å². The molecule has 2 heterocycles. The average molecular weight is 392 g/mol. The Balaban J connectivity index is 1.55. The number of Topliss-reactive ketones (excluding diaryl/α,β-unsaturated/α-hetero) is 1. The molecule has 2 aromatic carbocycles. The molecule has 0 aliphatic rings. The van der Waals surface area contributed by atoms with Crippen molar-refractivity contribution >= 4 is 28.4 Å². The molecule has 2 aromatic heterocycles. The van der Waals surface area contributed by atoms with Gasteiger partial charge in [-0.2, -0.15) is 0 Å². The summed E-state index contributed by atoms with van der Waals surface area (Å²) < 4.78 is 7.11. The van der Waals surface area contributed by atoms with E-state index in [1.54, 1.807) is 13.3 Å². The summed E-state index contributed by atoms with van der Waals surface area (Å²) >= 11 is 1.41. The smallest absolute Gasteiger partial charge is 0.191 e. The number of H-pyrrole nitrogens is 1. The van der Waals surface area contributed by atoms with Gasteiger partial charge in [0.1, 0.15) is 5.75 Å². The molecule has 1 atom stereocenters. The monoisotopic (exact) mass is 392 g/mol. The fourth-order valence-electron chi connectivity index (χ4n) is 3.11. The molecule has 0 saturated heterocycles. The quantitative estimate of drug-likeness (QED) is 0.390. The van der Waals surface area contributed by atoms with Crippen LogP contribution in [0.4, 0.5) is 0 Å². The van der Waals surface area contributed by atoms with Crippen molar-refractivity contribution in [3.8, 4) is 17.1 Å². The van der Waals surface area contributed by atoms with E-state index in [2.05, 4.69) is 15.2 Å². The molecule has 0 unspecified atom stereocenters. The summed E-state index contributed by atoms with van der Waals surface area (Å²) in [5.74, 6) is 1.60. The zero-order valence-electron chi connectivity index (χ0n) is 15.8. The van der Waals surface area contributed by atoms with Gasteiger partial charge in [-0.3, -0.25) is 4.79 Å². The fourth-order valence-corrected chi connectivity index (χ4v) is 4.00. The molecule has 0 saturated carbocycles. The number of hydrogen-bond donors (Lipinski definition) is 1. The lowest BCUT2D eigenvalue weighted by atomic mass is 10.1. The van der Waals surface area contributed by atoms with Crippen LogP contribution < -0.4 is 4.74 Å². The first-order chi connectivity index (χ1) is 13.6. The van der Waals surface area contributed by atoms with Crippen LogP contribution in [-0.2, 0) is 7.05 Å². The second-order valence-corrected chi connectivity index (χ2v) is 7.77. The number of para-hydroxylation sites is 1. The number of nitrogens with one attached hydrogen (secondary N) is 1. The molecule has 1 N–H and O–H groups in total. The minimum absolute atomic E-state index is 0.0662. The highest BCUT2D eigenvalue weighted by atomic mass is 32.2. The molecule has 28 heavy (non-hydrogen) atoms. The molecule has 0 spiro atoms. The maximum absolute atomic E-state index is 13.0. The van der Waals surface area contributed by atoms with E-state index in [1.807, 2.05) is 67.1 Å². The Morgan fingerprint density at radius 1 is 1.14 bits per heavy atom. The molecule has 0 bridgehead atoms. The van der Waals surface area contributed by atoms with Crippen LogP contribution in [0.5, 0.6) is 5.75 Å². The van der Waals surface area contributed by atoms with Gasteiger partial charge in [-0.1, -0.05) is 30.0 Å². The van der Waals surface area contributed by atoms with Crippen molar-refractivity contribution in [2.75, 3.05) is 7.11 Å². The van der Waals surface area contributed by atoms with Crippen molar-refractivity contribution < 1.29 is 9.53 Å². The Bertz CT molecular complexity index is 1130. The highest BCUT2D eigenvalue weighted by Gasteiger charge is 2.22. The number of aromatic amines is 1. The predicted octanol–water partition coefficient (Wildman–Crippen LogP) is 4.34. The molecular weight excluding hydrogens is 372 g/mol. The standard InChI is InChI=1S/C21H20N4O2S/c1-13(19(26)17-12-22-18-7-5-4-6-16(17)18)28-21-24-23-20(25(21)2)14-8-10-15(27-3)11-9-14/h4-13,22H,1-3H3/t13-/m0/s1. The lowest BCUT2D eigenvalue weighted by Gasteiger charge is -2.10. The van der Waals surface area contributed by atoms with Crippen LogP contribution in [0, 0.1) is 0 Å². The zero-order chi connectivity index (χ0) is 19.7. The summed E-state index contributed by atoms with van der Waals surface area (Å²) in [5, 5.41) is 9.94. The lowest BCUT2D eigenvalue weighted by molar-refractivity contribution is 0.0995. The Hall–Kier alpha value is -3.06. The number of ketones is 1. The third-order valence-electron chi connectivity index (χ3n) is 4.69. The minimum atomic E-state index is -0.286. The fraction of sp³-hybridized carbons (Fsp3) is 0.190. The normalized spacial score (nSPS) is 12.2. The molecule has 4 aromatic rings. The lowest BCUT2D eigenvalue weighted by Crippen LogP contribution is -2.14. The number of fused-ring (bicyclic) bond motifs is 1. The number of benzene rings is 2. The molecule has 0 amide bonds. The Morgan fingerprint density at radius 3 is 2.64 bits per heavy atom. The van der Waals surface area contributed by atoms with E-state index < -0.39 is 0 Å². The predicted molar refractivity (Wildman–Crippen MR) is 111 cm³/mol. The molecule has 0 radical (unpaired) electrons. The SMILES string of the molecule is COc1ccc(-c2nnc(S[C@@H](C)C(=O)c3c[nH]c4ccccc34)n2C)cc1. The van der Waals surface area contributed by atoms with Crippen molar-refractivity contribution in [3.05, 3.63) is 60.3 Å². The largest absolute Gasteiger partial charge is 0.497 e. The van der Waals surface area contributed by atoms with Crippen molar-refractivity contribution in [1.82, 2.24) is 19.7 Å². The van der Waals surface area contributed by atoms with Crippen molar-refractivity contribution in [2.24, 2.45) is 7.05 Å². The second kappa shape index (κ2) is 7.52. The van der Waals surface area contributed by atoms with Crippen molar-refractivity contribution in [2.45, 2.75) is 17.3 Å². The van der Waals surface area contributed by atoms with E-state index in [1.165, 1.54) is 11.8 Å². The van der Waals surface area contributed by atoms with Crippen LogP contribution in [-0.4, -0.2) is 37.9 Å². The maximum atomic E-state index is 13.0. The van der Waals surface area contributed by atoms with Gasteiger partial charge in [-0.05, 0) is 37.3 Å².